The monoisotopic (exact) mass is 1200 g/mol. The molecule has 4 heterocycles. The molecule has 0 saturated carbocycles. The van der Waals surface area contributed by atoms with E-state index in [1.54, 1.807) is 20.5 Å². The Morgan fingerprint density at radius 2 is 1.47 bits per heavy atom. The third kappa shape index (κ3) is 15.6. The van der Waals surface area contributed by atoms with Gasteiger partial charge >= 0.3 is 214 Å². The average molecular weight is 1200 g/mol. The molecule has 3 saturated heterocycles. The molecule has 0 amide bonds. The first-order valence-electron chi connectivity index (χ1n) is 28.5. The van der Waals surface area contributed by atoms with Gasteiger partial charge in [-0.05, 0) is 59.2 Å². The van der Waals surface area contributed by atoms with Gasteiger partial charge < -0.3 is 18.3 Å². The molecule has 0 unspecified atom stereocenters. The molecule has 3 aromatic carbocycles. The van der Waals surface area contributed by atoms with Gasteiger partial charge in [0.25, 0.3) is 8.32 Å². The van der Waals surface area contributed by atoms with Crippen molar-refractivity contribution in [2.24, 2.45) is 11.8 Å². The van der Waals surface area contributed by atoms with E-state index in [0.717, 1.165) is 54.9 Å². The first-order chi connectivity index (χ1) is 36.3. The third-order valence-electron chi connectivity index (χ3n) is 16.7. The number of benzene rings is 3. The van der Waals surface area contributed by atoms with Crippen LogP contribution >= 0.6 is 0 Å². The van der Waals surface area contributed by atoms with E-state index in [2.05, 4.69) is 168 Å². The molecule has 4 aromatic rings. The summed E-state index contributed by atoms with van der Waals surface area (Å²) < 4.78 is 62.5. The van der Waals surface area contributed by atoms with Crippen molar-refractivity contribution in [3.05, 3.63) is 130 Å². The van der Waals surface area contributed by atoms with Crippen molar-refractivity contribution in [3.8, 4) is 11.5 Å². The minimum Gasteiger partial charge on any atom is -0.407 e. The Bertz CT molecular complexity index is 2540. The van der Waals surface area contributed by atoms with Crippen LogP contribution in [0.15, 0.2) is 117 Å². The van der Waals surface area contributed by atoms with E-state index in [4.69, 9.17) is 46.7 Å². The van der Waals surface area contributed by atoms with E-state index >= 15 is 0 Å². The van der Waals surface area contributed by atoms with E-state index in [1.165, 1.54) is 21.5 Å². The van der Waals surface area contributed by atoms with Crippen LogP contribution in [0.5, 0.6) is 11.5 Å². The maximum atomic E-state index is 7.33. The third-order valence-corrected chi connectivity index (χ3v) is 30.0. The first kappa shape index (κ1) is 61.3. The molecule has 1 aromatic heterocycles. The molecule has 422 valence electrons. The molecular formula is C64H95NO9Si2Sn. The smallest absolute Gasteiger partial charge is 0.261 e. The summed E-state index contributed by atoms with van der Waals surface area (Å²) in [4.78, 5) is 12.4. The number of nitrogens with zero attached hydrogens (tertiary/aromatic N) is 1. The summed E-state index contributed by atoms with van der Waals surface area (Å²) in [5, 5.41) is 2.54. The number of hydrogen-bond acceptors (Lipinski definition) is 10. The van der Waals surface area contributed by atoms with Crippen molar-refractivity contribution in [2.45, 2.75) is 201 Å². The maximum absolute atomic E-state index is 7.33. The number of methoxy groups -OCH3 is 2. The zero-order chi connectivity index (χ0) is 55.9. The number of hydrogen-bond donors (Lipinski definition) is 0. The van der Waals surface area contributed by atoms with E-state index in [9.17, 15) is 0 Å². The Kier molecular flexibility index (Phi) is 20.8. The SMILES string of the molecule is C=C1C[C@H](C[C@@H]2C[C@@H](O[Si](C)(C)C(C)(C)C)C[C@H](c3coc(/C=C/C[C@H]4O[C@@H](/C(C)=[CH]/[Sn]([CH3])([CH3])[CH3])[C@H](C)[C@@H](OCc5ccc(OC)cc5OC)[C@H]4C)n3)O2)O[C@@H](CCO[Si](c2ccccc2)(c2ccccc2)C(C)(C)C)C1. The van der Waals surface area contributed by atoms with Gasteiger partial charge in [0.05, 0.1) is 31.5 Å². The zero-order valence-electron chi connectivity index (χ0n) is 49.8. The summed E-state index contributed by atoms with van der Waals surface area (Å²) in [6, 6.07) is 27.7. The maximum Gasteiger partial charge on any atom is 0.261 e. The van der Waals surface area contributed by atoms with Crippen LogP contribution in [0.25, 0.3) is 6.08 Å². The van der Waals surface area contributed by atoms with Gasteiger partial charge in [0, 0.05) is 19.4 Å². The van der Waals surface area contributed by atoms with E-state index < -0.39 is 35.0 Å². The van der Waals surface area contributed by atoms with Crippen LogP contribution in [-0.2, 0) is 34.4 Å². The van der Waals surface area contributed by atoms with Gasteiger partial charge in [0.2, 0.25) is 0 Å². The van der Waals surface area contributed by atoms with Gasteiger partial charge in [-0.1, -0.05) is 114 Å². The molecule has 0 aliphatic carbocycles. The molecule has 77 heavy (non-hydrogen) atoms. The van der Waals surface area contributed by atoms with Crippen molar-refractivity contribution >= 4 is 51.5 Å². The van der Waals surface area contributed by atoms with Crippen LogP contribution < -0.4 is 19.8 Å². The van der Waals surface area contributed by atoms with Gasteiger partial charge in [-0.25, -0.2) is 0 Å². The van der Waals surface area contributed by atoms with Crippen LogP contribution in [0.2, 0.25) is 38.0 Å². The molecule has 3 aliphatic rings. The molecule has 10 nitrogen and oxygen atoms in total. The molecular weight excluding hydrogens is 1100 g/mol. The fourth-order valence-corrected chi connectivity index (χ4v) is 22.3. The van der Waals surface area contributed by atoms with Crippen LogP contribution in [-0.4, -0.2) is 104 Å². The van der Waals surface area contributed by atoms with E-state index in [-0.39, 0.29) is 70.7 Å². The van der Waals surface area contributed by atoms with E-state index in [1.807, 2.05) is 24.3 Å². The minimum absolute atomic E-state index is 0.00710. The summed E-state index contributed by atoms with van der Waals surface area (Å²) in [5.41, 5.74) is 4.31. The van der Waals surface area contributed by atoms with Gasteiger partial charge in [-0.15, -0.1) is 0 Å². The second-order valence-electron chi connectivity index (χ2n) is 26.1. The molecule has 0 bridgehead atoms. The second kappa shape index (κ2) is 26.1. The topological polar surface area (TPSA) is 99.9 Å². The zero-order valence-corrected chi connectivity index (χ0v) is 54.6. The summed E-state index contributed by atoms with van der Waals surface area (Å²) in [6.45, 7) is 31.0. The molecule has 13 heteroatoms. The number of aromatic nitrogens is 1. The molecule has 0 spiro atoms. The molecule has 0 N–H and O–H groups in total. The standard InChI is InChI=1S/C61H86NO9Si2.3CH3.Sn/c1-41(2)58-44(5)59(66-39-45-29-30-46(63-12)37-55(45)64-13)43(4)54(70-58)27-22-28-57-62-53(40-65-57)56-38-50(71-72(14,15)60(6,7)8)36-49(69-56)35-48-34-42(3)33-47(68-48)31-32-67-73(61(9,10)11,51-23-18-16-19-24-51)52-25-20-17-21-26-52;;;;/h1,16-26,28-30,37,40,43-44,47-50,54,56,58-59H,3,27,31-36,38-39H2,2,4-15H3;3*1H3;/b28-22+,41-1?;;;;/t43-,44-,47-,48+,49+,50+,54+,56+,58-,59-;;;;/m0..../s1. The van der Waals surface area contributed by atoms with Crippen molar-refractivity contribution in [3.63, 3.8) is 0 Å². The predicted molar refractivity (Wildman–Crippen MR) is 321 cm³/mol. The van der Waals surface area contributed by atoms with Gasteiger partial charge in [0.1, 0.15) is 0 Å². The van der Waals surface area contributed by atoms with Gasteiger partial charge in [-0.3, -0.25) is 0 Å². The van der Waals surface area contributed by atoms with Crippen LogP contribution in [0.1, 0.15) is 131 Å². The fourth-order valence-electron chi connectivity index (χ4n) is 12.0. The van der Waals surface area contributed by atoms with Crippen LogP contribution in [0.3, 0.4) is 0 Å². The summed E-state index contributed by atoms with van der Waals surface area (Å²) in [7, 11) is -1.44. The summed E-state index contributed by atoms with van der Waals surface area (Å²) >= 11 is -2.31. The molecule has 10 atom stereocenters. The Morgan fingerprint density at radius 1 is 0.805 bits per heavy atom. The largest absolute Gasteiger partial charge is 0.407 e. The van der Waals surface area contributed by atoms with Gasteiger partial charge in [-0.2, -0.15) is 0 Å². The number of rotatable bonds is 21. The molecule has 3 aliphatic heterocycles. The van der Waals surface area contributed by atoms with Crippen molar-refractivity contribution < 1.29 is 41.7 Å². The Balaban J connectivity index is 1.04. The Morgan fingerprint density at radius 3 is 2.08 bits per heavy atom. The van der Waals surface area contributed by atoms with Crippen molar-refractivity contribution in [2.75, 3.05) is 20.8 Å². The van der Waals surface area contributed by atoms with E-state index in [0.29, 0.717) is 31.9 Å². The fraction of sp³-hybridized carbons (Fsp3) is 0.578. The molecule has 0 radical (unpaired) electrons. The van der Waals surface area contributed by atoms with Gasteiger partial charge in [0.15, 0.2) is 8.32 Å². The summed E-state index contributed by atoms with van der Waals surface area (Å²) in [5.74, 6) is 2.33. The van der Waals surface area contributed by atoms with Crippen LogP contribution in [0, 0.1) is 11.8 Å². The minimum atomic E-state index is -2.68. The molecule has 3 fully saturated rings. The summed E-state index contributed by atoms with van der Waals surface area (Å²) in [6.07, 6.45) is 10.7. The second-order valence-corrected chi connectivity index (χ2v) is 49.5. The normalized spacial score (nSPS) is 26.3. The Labute approximate surface area is 470 Å². The van der Waals surface area contributed by atoms with Crippen LogP contribution in [0.4, 0.5) is 0 Å². The number of ether oxygens (including phenoxy) is 6. The van der Waals surface area contributed by atoms with Crippen molar-refractivity contribution in [1.29, 1.82) is 0 Å². The number of oxazole rings is 1. The molecule has 7 rings (SSSR count). The first-order valence-corrected chi connectivity index (χ1v) is 43.5. The Hall–Kier alpha value is -3.32. The average Bonchev–Trinajstić information content (AvgIpc) is 3.87. The predicted octanol–water partition coefficient (Wildman–Crippen LogP) is 14.6. The quantitative estimate of drug-likeness (QED) is 0.0592. The van der Waals surface area contributed by atoms with Crippen molar-refractivity contribution in [1.82, 2.24) is 4.98 Å².